The van der Waals surface area contributed by atoms with E-state index in [1.54, 1.807) is 20.8 Å². The molecule has 1 spiro atoms. The summed E-state index contributed by atoms with van der Waals surface area (Å²) in [6.07, 6.45) is 0.147. The molecule has 1 aliphatic carbocycles. The van der Waals surface area contributed by atoms with E-state index in [0.717, 1.165) is 0 Å². The summed E-state index contributed by atoms with van der Waals surface area (Å²) in [4.78, 5) is 24.6. The lowest BCUT2D eigenvalue weighted by Gasteiger charge is -2.26. The summed E-state index contributed by atoms with van der Waals surface area (Å²) in [7, 11) is 0. The number of carbonyl (C=O) groups excluding carboxylic acids is 1. The third kappa shape index (κ3) is 2.63. The Morgan fingerprint density at radius 3 is 2.26 bits per heavy atom. The predicted octanol–water partition coefficient (Wildman–Crippen LogP) is 2.64. The second-order valence-corrected chi connectivity index (χ2v) is 7.81. The minimum atomic E-state index is -1.06. The topological polar surface area (TPSA) is 66.8 Å². The molecular weight excluding hydrogens is 293 g/mol. The average molecular weight is 310 g/mol. The first-order valence-corrected chi connectivity index (χ1v) is 6.83. The van der Waals surface area contributed by atoms with Crippen LogP contribution in [0.25, 0.3) is 0 Å². The number of nitrogens with zero attached hydrogens (tertiary/aromatic N) is 1. The van der Waals surface area contributed by atoms with Gasteiger partial charge in [-0.3, -0.25) is 4.90 Å². The largest absolute Gasteiger partial charge is 0.480 e. The van der Waals surface area contributed by atoms with Gasteiger partial charge in [-0.1, -0.05) is 0 Å². The fourth-order valence-electron chi connectivity index (χ4n) is 2.49. The van der Waals surface area contributed by atoms with Gasteiger partial charge in [0, 0.05) is 12.0 Å². The Hall–Kier alpha value is -0.680. The highest BCUT2D eigenvalue weighted by atomic mass is 35.5. The van der Waals surface area contributed by atoms with E-state index in [-0.39, 0.29) is 13.0 Å². The van der Waals surface area contributed by atoms with Crippen LogP contribution in [0.1, 0.15) is 33.6 Å². The van der Waals surface area contributed by atoms with Gasteiger partial charge < -0.3 is 9.84 Å². The quantitative estimate of drug-likeness (QED) is 0.756. The van der Waals surface area contributed by atoms with Crippen molar-refractivity contribution in [1.82, 2.24) is 4.90 Å². The number of carbonyl (C=O) groups is 2. The van der Waals surface area contributed by atoms with Crippen LogP contribution in [-0.2, 0) is 9.53 Å². The van der Waals surface area contributed by atoms with Crippen molar-refractivity contribution in [3.63, 3.8) is 0 Å². The third-order valence-electron chi connectivity index (χ3n) is 3.56. The van der Waals surface area contributed by atoms with Crippen molar-refractivity contribution >= 4 is 35.3 Å². The molecule has 2 rings (SSSR count). The zero-order chi connectivity index (χ0) is 14.6. The normalized spacial score (nSPS) is 32.5. The molecule has 1 aliphatic heterocycles. The Morgan fingerprint density at radius 2 is 1.89 bits per heavy atom. The lowest BCUT2D eigenvalue weighted by molar-refractivity contribution is -0.142. The number of carboxylic acid groups (broad SMARTS) is 1. The van der Waals surface area contributed by atoms with Gasteiger partial charge in [-0.05, 0) is 33.6 Å². The highest BCUT2D eigenvalue weighted by Crippen LogP contribution is 2.69. The van der Waals surface area contributed by atoms with Crippen molar-refractivity contribution in [3.8, 4) is 0 Å². The number of alkyl halides is 2. The summed E-state index contributed by atoms with van der Waals surface area (Å²) in [6, 6.07) is -0.922. The van der Waals surface area contributed by atoms with Gasteiger partial charge >= 0.3 is 12.1 Å². The van der Waals surface area contributed by atoms with Crippen LogP contribution in [0.3, 0.4) is 0 Å². The van der Waals surface area contributed by atoms with Crippen LogP contribution < -0.4 is 0 Å². The van der Waals surface area contributed by atoms with Crippen LogP contribution in [-0.4, -0.2) is 44.6 Å². The van der Waals surface area contributed by atoms with Crippen molar-refractivity contribution < 1.29 is 19.4 Å². The third-order valence-corrected chi connectivity index (χ3v) is 4.63. The fourth-order valence-corrected chi connectivity index (χ4v) is 3.27. The van der Waals surface area contributed by atoms with Gasteiger partial charge in [0.15, 0.2) is 0 Å². The summed E-state index contributed by atoms with van der Waals surface area (Å²) in [5.41, 5.74) is -1.17. The predicted molar refractivity (Wildman–Crippen MR) is 70.5 cm³/mol. The molecule has 0 radical (unpaired) electrons. The number of carboxylic acids is 1. The summed E-state index contributed by atoms with van der Waals surface area (Å²) in [6.45, 7) is 5.43. The molecule has 2 aliphatic rings. The number of hydrogen-bond donors (Lipinski definition) is 1. The molecule has 2 unspecified atom stereocenters. The van der Waals surface area contributed by atoms with E-state index in [1.807, 2.05) is 0 Å². The maximum absolute atomic E-state index is 12.1. The minimum Gasteiger partial charge on any atom is -0.480 e. The molecule has 0 aromatic carbocycles. The SMILES string of the molecule is CC(C)(C)OC(=O)N1CC2(CC1C(=O)O)CC2(Cl)Cl. The maximum atomic E-state index is 12.1. The Morgan fingerprint density at radius 1 is 1.37 bits per heavy atom. The number of rotatable bonds is 1. The molecule has 0 bridgehead atoms. The summed E-state index contributed by atoms with van der Waals surface area (Å²) < 4.78 is 4.30. The number of ether oxygens (including phenoxy) is 1. The monoisotopic (exact) mass is 309 g/mol. The number of halogens is 2. The van der Waals surface area contributed by atoms with Gasteiger partial charge in [0.25, 0.3) is 0 Å². The molecule has 19 heavy (non-hydrogen) atoms. The highest BCUT2D eigenvalue weighted by molar-refractivity contribution is 6.51. The van der Waals surface area contributed by atoms with E-state index in [2.05, 4.69) is 0 Å². The van der Waals surface area contributed by atoms with E-state index in [0.29, 0.717) is 6.42 Å². The van der Waals surface area contributed by atoms with Crippen LogP contribution in [0, 0.1) is 5.41 Å². The lowest BCUT2D eigenvalue weighted by atomic mass is 10.0. The van der Waals surface area contributed by atoms with E-state index >= 15 is 0 Å². The summed E-state index contributed by atoms with van der Waals surface area (Å²) in [5.74, 6) is -1.06. The van der Waals surface area contributed by atoms with Gasteiger partial charge in [0.05, 0.1) is 0 Å². The second kappa shape index (κ2) is 4.16. The van der Waals surface area contributed by atoms with Crippen molar-refractivity contribution in [3.05, 3.63) is 0 Å². The molecule has 1 amide bonds. The number of hydrogen-bond acceptors (Lipinski definition) is 3. The van der Waals surface area contributed by atoms with E-state index in [1.165, 1.54) is 4.90 Å². The Bertz CT molecular complexity index is 432. The van der Waals surface area contributed by atoms with Crippen molar-refractivity contribution in [1.29, 1.82) is 0 Å². The highest BCUT2D eigenvalue weighted by Gasteiger charge is 2.71. The Balaban J connectivity index is 2.15. The molecule has 2 atom stereocenters. The van der Waals surface area contributed by atoms with Crippen LogP contribution >= 0.6 is 23.2 Å². The first-order chi connectivity index (χ1) is 8.47. The molecule has 1 saturated carbocycles. The zero-order valence-electron chi connectivity index (χ0n) is 11.1. The van der Waals surface area contributed by atoms with Gasteiger partial charge in [-0.15, -0.1) is 23.2 Å². The molecule has 0 aromatic rings. The summed E-state index contributed by atoms with van der Waals surface area (Å²) >= 11 is 12.1. The molecule has 2 fully saturated rings. The van der Waals surface area contributed by atoms with Crippen LogP contribution in [0.15, 0.2) is 0 Å². The lowest BCUT2D eigenvalue weighted by Crippen LogP contribution is -2.43. The van der Waals surface area contributed by atoms with E-state index in [9.17, 15) is 14.7 Å². The minimum absolute atomic E-state index is 0.228. The molecule has 1 saturated heterocycles. The number of likely N-dealkylation sites (tertiary alicyclic amines) is 1. The van der Waals surface area contributed by atoms with E-state index < -0.39 is 33.5 Å². The zero-order valence-corrected chi connectivity index (χ0v) is 12.6. The maximum Gasteiger partial charge on any atom is 0.411 e. The van der Waals surface area contributed by atoms with Crippen molar-refractivity contribution in [2.75, 3.05) is 6.54 Å². The molecule has 1 heterocycles. The molecule has 0 aromatic heterocycles. The van der Waals surface area contributed by atoms with Gasteiger partial charge in [0.2, 0.25) is 0 Å². The van der Waals surface area contributed by atoms with E-state index in [4.69, 9.17) is 27.9 Å². The fraction of sp³-hybridized carbons (Fsp3) is 0.833. The Labute approximate surface area is 121 Å². The van der Waals surface area contributed by atoms with Crippen molar-refractivity contribution in [2.24, 2.45) is 5.41 Å². The van der Waals surface area contributed by atoms with Crippen LogP contribution in [0.2, 0.25) is 0 Å². The smallest absolute Gasteiger partial charge is 0.411 e. The second-order valence-electron chi connectivity index (χ2n) is 6.33. The summed E-state index contributed by atoms with van der Waals surface area (Å²) in [5, 5.41) is 9.23. The van der Waals surface area contributed by atoms with Crippen molar-refractivity contribution in [2.45, 2.75) is 49.6 Å². The Kier molecular flexibility index (Phi) is 3.22. The first kappa shape index (κ1) is 14.7. The van der Waals surface area contributed by atoms with Gasteiger partial charge in [0.1, 0.15) is 16.0 Å². The average Bonchev–Trinajstić information content (AvgIpc) is 2.55. The standard InChI is InChI=1S/C12H17Cl2NO4/c1-10(2,3)19-9(18)15-6-11(5-12(11,13)14)4-7(15)8(16)17/h7H,4-6H2,1-3H3,(H,16,17). The van der Waals surface area contributed by atoms with Crippen LogP contribution in [0.4, 0.5) is 4.79 Å². The number of amides is 1. The molecule has 7 heteroatoms. The van der Waals surface area contributed by atoms with Crippen LogP contribution in [0.5, 0.6) is 0 Å². The van der Waals surface area contributed by atoms with Gasteiger partial charge in [-0.25, -0.2) is 9.59 Å². The molecule has 108 valence electrons. The molecular formula is C12H17Cl2NO4. The first-order valence-electron chi connectivity index (χ1n) is 6.08. The molecule has 1 N–H and O–H groups in total. The van der Waals surface area contributed by atoms with Gasteiger partial charge in [-0.2, -0.15) is 0 Å². The molecule has 5 nitrogen and oxygen atoms in total. The number of aliphatic carboxylic acids is 1.